The molecule has 3 heteroatoms. The van der Waals surface area contributed by atoms with E-state index in [0.29, 0.717) is 5.92 Å². The van der Waals surface area contributed by atoms with Gasteiger partial charge in [0.2, 0.25) is 0 Å². The van der Waals surface area contributed by atoms with E-state index in [0.717, 1.165) is 25.1 Å². The van der Waals surface area contributed by atoms with Gasteiger partial charge in [0, 0.05) is 18.5 Å². The Bertz CT molecular complexity index is 486. The van der Waals surface area contributed by atoms with Crippen LogP contribution in [0.1, 0.15) is 26.0 Å². The van der Waals surface area contributed by atoms with E-state index in [1.165, 1.54) is 10.9 Å². The molecule has 1 atom stereocenters. The number of benzene rings is 1. The molecule has 0 saturated heterocycles. The van der Waals surface area contributed by atoms with Crippen LogP contribution in [0.3, 0.4) is 0 Å². The molecule has 1 heterocycles. The number of aromatic nitrogens is 2. The van der Waals surface area contributed by atoms with Gasteiger partial charge in [-0.05, 0) is 25.3 Å². The minimum absolute atomic E-state index is 0.240. The van der Waals surface area contributed by atoms with E-state index in [1.807, 2.05) is 16.8 Å². The van der Waals surface area contributed by atoms with E-state index in [4.69, 9.17) is 0 Å². The highest BCUT2D eigenvalue weighted by molar-refractivity contribution is 5.81. The summed E-state index contributed by atoms with van der Waals surface area (Å²) in [6.45, 7) is 5.34. The minimum atomic E-state index is 0.240. The van der Waals surface area contributed by atoms with Crippen LogP contribution in [0.4, 0.5) is 0 Å². The first kappa shape index (κ1) is 12.1. The van der Waals surface area contributed by atoms with Crippen LogP contribution in [0.25, 0.3) is 10.9 Å². The fraction of sp³-hybridized carbons (Fsp3) is 0.500. The third-order valence-corrected chi connectivity index (χ3v) is 3.35. The molecule has 0 amide bonds. The number of para-hydroxylation sites is 1. The van der Waals surface area contributed by atoms with Crippen LogP contribution < -0.4 is 0 Å². The van der Waals surface area contributed by atoms with Crippen molar-refractivity contribution in [2.45, 2.75) is 33.2 Å². The van der Waals surface area contributed by atoms with Gasteiger partial charge in [-0.1, -0.05) is 31.5 Å². The summed E-state index contributed by atoms with van der Waals surface area (Å²) >= 11 is 0. The maximum atomic E-state index is 9.29. The van der Waals surface area contributed by atoms with Crippen LogP contribution in [0, 0.1) is 5.92 Å². The third kappa shape index (κ3) is 2.34. The van der Waals surface area contributed by atoms with Gasteiger partial charge in [-0.15, -0.1) is 0 Å². The van der Waals surface area contributed by atoms with Crippen molar-refractivity contribution in [3.63, 3.8) is 0 Å². The highest BCUT2D eigenvalue weighted by Gasteiger charge is 2.13. The van der Waals surface area contributed by atoms with Crippen molar-refractivity contribution in [1.82, 2.24) is 9.78 Å². The van der Waals surface area contributed by atoms with Crippen molar-refractivity contribution in [2.75, 3.05) is 6.61 Å². The van der Waals surface area contributed by atoms with Gasteiger partial charge in [-0.2, -0.15) is 5.10 Å². The lowest BCUT2D eigenvalue weighted by atomic mass is 10.00. The number of hydrogen-bond acceptors (Lipinski definition) is 2. The fourth-order valence-electron chi connectivity index (χ4n) is 2.20. The molecule has 1 aromatic carbocycles. The van der Waals surface area contributed by atoms with E-state index in [9.17, 15) is 5.11 Å². The maximum Gasteiger partial charge on any atom is 0.0707 e. The van der Waals surface area contributed by atoms with Crippen LogP contribution >= 0.6 is 0 Å². The van der Waals surface area contributed by atoms with E-state index < -0.39 is 0 Å². The maximum absolute atomic E-state index is 9.29. The van der Waals surface area contributed by atoms with Gasteiger partial charge in [0.1, 0.15) is 0 Å². The molecule has 0 aliphatic rings. The minimum Gasteiger partial charge on any atom is -0.396 e. The van der Waals surface area contributed by atoms with Gasteiger partial charge in [0.25, 0.3) is 0 Å². The molecule has 0 bridgehead atoms. The smallest absolute Gasteiger partial charge is 0.0707 e. The Labute approximate surface area is 102 Å². The summed E-state index contributed by atoms with van der Waals surface area (Å²) < 4.78 is 2.04. The zero-order valence-corrected chi connectivity index (χ0v) is 10.6. The lowest BCUT2D eigenvalue weighted by Gasteiger charge is -2.08. The van der Waals surface area contributed by atoms with Gasteiger partial charge in [0.05, 0.1) is 11.2 Å². The molecule has 0 spiro atoms. The summed E-state index contributed by atoms with van der Waals surface area (Å²) in [7, 11) is 0. The van der Waals surface area contributed by atoms with Crippen molar-refractivity contribution in [2.24, 2.45) is 5.92 Å². The molecule has 2 rings (SSSR count). The number of nitrogens with zero attached hydrogens (tertiary/aromatic N) is 2. The molecule has 1 unspecified atom stereocenters. The number of aliphatic hydroxyl groups excluding tert-OH is 1. The van der Waals surface area contributed by atoms with E-state index in [-0.39, 0.29) is 6.61 Å². The van der Waals surface area contributed by atoms with Crippen LogP contribution in [0.2, 0.25) is 0 Å². The quantitative estimate of drug-likeness (QED) is 0.860. The topological polar surface area (TPSA) is 38.1 Å². The van der Waals surface area contributed by atoms with Gasteiger partial charge in [-0.25, -0.2) is 0 Å². The number of rotatable bonds is 5. The SMILES string of the molecule is CCC(CO)Cc1nn(CC)c2ccccc12. The molecule has 2 aromatic rings. The van der Waals surface area contributed by atoms with E-state index in [2.05, 4.69) is 31.1 Å². The number of aryl methyl sites for hydroxylation is 1. The predicted molar refractivity (Wildman–Crippen MR) is 70.0 cm³/mol. The highest BCUT2D eigenvalue weighted by Crippen LogP contribution is 2.21. The highest BCUT2D eigenvalue weighted by atomic mass is 16.3. The van der Waals surface area contributed by atoms with Crippen molar-refractivity contribution in [3.8, 4) is 0 Å². The lowest BCUT2D eigenvalue weighted by molar-refractivity contribution is 0.221. The summed E-state index contributed by atoms with van der Waals surface area (Å²) in [6, 6.07) is 8.32. The Balaban J connectivity index is 2.40. The monoisotopic (exact) mass is 232 g/mol. The van der Waals surface area contributed by atoms with Crippen molar-refractivity contribution in [1.29, 1.82) is 0 Å². The molecule has 0 saturated carbocycles. The number of fused-ring (bicyclic) bond motifs is 1. The molecular weight excluding hydrogens is 212 g/mol. The molecule has 3 nitrogen and oxygen atoms in total. The Morgan fingerprint density at radius 3 is 2.71 bits per heavy atom. The molecule has 0 fully saturated rings. The van der Waals surface area contributed by atoms with E-state index in [1.54, 1.807) is 0 Å². The Kier molecular flexibility index (Phi) is 3.79. The lowest BCUT2D eigenvalue weighted by Crippen LogP contribution is -2.09. The van der Waals surface area contributed by atoms with Gasteiger partial charge >= 0.3 is 0 Å². The van der Waals surface area contributed by atoms with Crippen LogP contribution in [0.5, 0.6) is 0 Å². The van der Waals surface area contributed by atoms with Crippen molar-refractivity contribution < 1.29 is 5.11 Å². The van der Waals surface area contributed by atoms with Gasteiger partial charge in [0.15, 0.2) is 0 Å². The van der Waals surface area contributed by atoms with Crippen LogP contribution in [-0.4, -0.2) is 21.5 Å². The van der Waals surface area contributed by atoms with Gasteiger partial charge in [-0.3, -0.25) is 4.68 Å². The molecule has 17 heavy (non-hydrogen) atoms. The summed E-state index contributed by atoms with van der Waals surface area (Å²) in [5.41, 5.74) is 2.31. The van der Waals surface area contributed by atoms with Crippen LogP contribution in [0.15, 0.2) is 24.3 Å². The van der Waals surface area contributed by atoms with Crippen molar-refractivity contribution >= 4 is 10.9 Å². The predicted octanol–water partition coefficient (Wildman–Crippen LogP) is 2.62. The molecule has 0 aliphatic heterocycles. The van der Waals surface area contributed by atoms with Crippen molar-refractivity contribution in [3.05, 3.63) is 30.0 Å². The Morgan fingerprint density at radius 1 is 1.29 bits per heavy atom. The second kappa shape index (κ2) is 5.32. The second-order valence-corrected chi connectivity index (χ2v) is 4.44. The van der Waals surface area contributed by atoms with Crippen LogP contribution in [-0.2, 0) is 13.0 Å². The molecular formula is C14H20N2O. The average molecular weight is 232 g/mol. The summed E-state index contributed by atoms with van der Waals surface area (Å²) in [5.74, 6) is 0.318. The first-order chi connectivity index (χ1) is 8.30. The molecule has 0 aliphatic carbocycles. The van der Waals surface area contributed by atoms with Gasteiger partial charge < -0.3 is 5.11 Å². The Morgan fingerprint density at radius 2 is 2.06 bits per heavy atom. The number of hydrogen-bond donors (Lipinski definition) is 1. The fourth-order valence-corrected chi connectivity index (χ4v) is 2.20. The zero-order valence-electron chi connectivity index (χ0n) is 10.6. The second-order valence-electron chi connectivity index (χ2n) is 4.44. The third-order valence-electron chi connectivity index (χ3n) is 3.35. The normalized spacial score (nSPS) is 13.1. The molecule has 1 aromatic heterocycles. The summed E-state index contributed by atoms with van der Waals surface area (Å²) in [5, 5.41) is 15.2. The standard InChI is InChI=1S/C14H20N2O/c1-3-11(10-17)9-13-12-7-5-6-8-14(12)16(4-2)15-13/h5-8,11,17H,3-4,9-10H2,1-2H3. The van der Waals surface area contributed by atoms with E-state index >= 15 is 0 Å². The summed E-state index contributed by atoms with van der Waals surface area (Å²) in [6.07, 6.45) is 1.85. The summed E-state index contributed by atoms with van der Waals surface area (Å²) in [4.78, 5) is 0. The molecule has 92 valence electrons. The molecule has 1 N–H and O–H groups in total. The largest absolute Gasteiger partial charge is 0.396 e. The molecule has 0 radical (unpaired) electrons. The zero-order chi connectivity index (χ0) is 12.3. The first-order valence-corrected chi connectivity index (χ1v) is 6.35. The Hall–Kier alpha value is -1.35. The average Bonchev–Trinajstić information content (AvgIpc) is 2.74. The first-order valence-electron chi connectivity index (χ1n) is 6.35. The number of aliphatic hydroxyl groups is 1.